The molecule has 5 heteroatoms. The molecule has 0 unspecified atom stereocenters. The van der Waals surface area contributed by atoms with Crippen LogP contribution in [0.3, 0.4) is 0 Å². The largest absolute Gasteiger partial charge is 0.481 e. The second-order valence-electron chi connectivity index (χ2n) is 2.81. The Kier molecular flexibility index (Phi) is 4.12. The molecule has 79 valence electrons. The Morgan fingerprint density at radius 1 is 1.53 bits per heavy atom. The monoisotopic (exact) mass is 226 g/mol. The molecule has 0 atom stereocenters. The summed E-state index contributed by atoms with van der Waals surface area (Å²) in [7, 11) is 0. The number of aliphatic carboxylic acids is 1. The maximum Gasteiger partial charge on any atom is 0.305 e. The van der Waals surface area contributed by atoms with Crippen LogP contribution < -0.4 is 5.32 Å². The van der Waals surface area contributed by atoms with Crippen molar-refractivity contribution in [2.45, 2.75) is 6.42 Å². The van der Waals surface area contributed by atoms with Gasteiger partial charge in [-0.15, -0.1) is 0 Å². The third-order valence-electron chi connectivity index (χ3n) is 1.68. The first-order chi connectivity index (χ1) is 7.11. The van der Waals surface area contributed by atoms with E-state index in [1.54, 1.807) is 12.1 Å². The van der Waals surface area contributed by atoms with Gasteiger partial charge in [-0.1, -0.05) is 17.7 Å². The molecule has 0 bridgehead atoms. The summed E-state index contributed by atoms with van der Waals surface area (Å²) in [4.78, 5) is 21.6. The number of benzene rings is 1. The molecule has 0 aliphatic heterocycles. The number of carbonyl (C=O) groups is 2. The van der Waals surface area contributed by atoms with Crippen LogP contribution in [0, 0.1) is 6.07 Å². The van der Waals surface area contributed by atoms with Crippen LogP contribution in [0.2, 0.25) is 5.02 Å². The standard InChI is InChI=1S/C10H9ClNO3/c11-8-4-2-1-3-7(8)10(15)12-6-5-9(13)14/h2-4H,5-6H2,(H,12,15)(H,13,14). The molecule has 1 aromatic carbocycles. The summed E-state index contributed by atoms with van der Waals surface area (Å²) in [6.07, 6.45) is -0.111. The van der Waals surface area contributed by atoms with Crippen LogP contribution in [-0.4, -0.2) is 23.5 Å². The van der Waals surface area contributed by atoms with Gasteiger partial charge in [-0.25, -0.2) is 0 Å². The molecule has 0 saturated carbocycles. The Hall–Kier alpha value is -1.55. The maximum absolute atomic E-state index is 11.4. The quantitative estimate of drug-likeness (QED) is 0.814. The maximum atomic E-state index is 11.4. The molecule has 0 fully saturated rings. The zero-order valence-corrected chi connectivity index (χ0v) is 8.54. The molecule has 1 rings (SSSR count). The van der Waals surface area contributed by atoms with E-state index < -0.39 is 11.9 Å². The lowest BCUT2D eigenvalue weighted by Crippen LogP contribution is -2.26. The molecular formula is C10H9ClNO3. The fourth-order valence-corrected chi connectivity index (χ4v) is 1.17. The van der Waals surface area contributed by atoms with E-state index in [1.165, 1.54) is 6.07 Å². The summed E-state index contributed by atoms with van der Waals surface area (Å²) in [5.74, 6) is -1.35. The van der Waals surface area contributed by atoms with Gasteiger partial charge >= 0.3 is 5.97 Å². The molecule has 0 aliphatic rings. The molecule has 1 radical (unpaired) electrons. The van der Waals surface area contributed by atoms with Gasteiger partial charge in [-0.3, -0.25) is 9.59 Å². The predicted molar refractivity (Wildman–Crippen MR) is 54.9 cm³/mol. The van der Waals surface area contributed by atoms with Crippen molar-refractivity contribution in [2.75, 3.05) is 6.54 Å². The Labute approximate surface area is 91.9 Å². The SMILES string of the molecule is O=C(O)CCNC(=O)c1c[c]ccc1Cl. The van der Waals surface area contributed by atoms with Gasteiger partial charge in [0.15, 0.2) is 0 Å². The van der Waals surface area contributed by atoms with Crippen molar-refractivity contribution in [1.29, 1.82) is 0 Å². The second kappa shape index (κ2) is 5.36. The van der Waals surface area contributed by atoms with Gasteiger partial charge in [-0.2, -0.15) is 0 Å². The molecule has 0 saturated heterocycles. The third-order valence-corrected chi connectivity index (χ3v) is 2.01. The van der Waals surface area contributed by atoms with Crippen molar-refractivity contribution in [3.8, 4) is 0 Å². The van der Waals surface area contributed by atoms with Gasteiger partial charge in [0, 0.05) is 6.54 Å². The topological polar surface area (TPSA) is 66.4 Å². The van der Waals surface area contributed by atoms with Crippen molar-refractivity contribution < 1.29 is 14.7 Å². The first-order valence-corrected chi connectivity index (χ1v) is 4.64. The van der Waals surface area contributed by atoms with Crippen LogP contribution in [0.5, 0.6) is 0 Å². The van der Waals surface area contributed by atoms with Crippen LogP contribution in [0.25, 0.3) is 0 Å². The first kappa shape index (κ1) is 11.5. The fraction of sp³-hybridized carbons (Fsp3) is 0.200. The molecule has 4 nitrogen and oxygen atoms in total. The summed E-state index contributed by atoms with van der Waals surface area (Å²) in [6, 6.07) is 7.32. The summed E-state index contributed by atoms with van der Waals surface area (Å²) in [5, 5.41) is 11.1. The summed E-state index contributed by atoms with van der Waals surface area (Å²) in [5.41, 5.74) is 0.296. The number of rotatable bonds is 4. The number of carboxylic acids is 1. The van der Waals surface area contributed by atoms with E-state index >= 15 is 0 Å². The molecule has 0 heterocycles. The minimum atomic E-state index is -0.957. The number of hydrogen-bond acceptors (Lipinski definition) is 2. The second-order valence-corrected chi connectivity index (χ2v) is 3.21. The van der Waals surface area contributed by atoms with E-state index in [4.69, 9.17) is 16.7 Å². The van der Waals surface area contributed by atoms with E-state index in [0.717, 1.165) is 0 Å². The molecule has 1 amide bonds. The molecule has 0 aliphatic carbocycles. The zero-order valence-electron chi connectivity index (χ0n) is 7.79. The molecule has 0 aromatic heterocycles. The van der Waals surface area contributed by atoms with Crippen LogP contribution in [0.4, 0.5) is 0 Å². The summed E-state index contributed by atoms with van der Waals surface area (Å²) in [6.45, 7) is 0.0827. The molecule has 15 heavy (non-hydrogen) atoms. The average molecular weight is 227 g/mol. The van der Waals surface area contributed by atoms with Crippen molar-refractivity contribution in [2.24, 2.45) is 0 Å². The summed E-state index contributed by atoms with van der Waals surface area (Å²) >= 11 is 5.76. The van der Waals surface area contributed by atoms with Crippen LogP contribution in [0.15, 0.2) is 18.2 Å². The summed E-state index contributed by atoms with van der Waals surface area (Å²) < 4.78 is 0. The number of carbonyl (C=O) groups excluding carboxylic acids is 1. The normalized spacial score (nSPS) is 9.67. The zero-order chi connectivity index (χ0) is 11.3. The van der Waals surface area contributed by atoms with Crippen LogP contribution in [-0.2, 0) is 4.79 Å². The smallest absolute Gasteiger partial charge is 0.305 e. The number of carboxylic acid groups (broad SMARTS) is 1. The van der Waals surface area contributed by atoms with Crippen molar-refractivity contribution in [1.82, 2.24) is 5.32 Å². The highest BCUT2D eigenvalue weighted by Gasteiger charge is 2.08. The average Bonchev–Trinajstić information content (AvgIpc) is 2.17. The Morgan fingerprint density at radius 3 is 2.87 bits per heavy atom. The lowest BCUT2D eigenvalue weighted by atomic mass is 10.2. The van der Waals surface area contributed by atoms with E-state index in [9.17, 15) is 9.59 Å². The van der Waals surface area contributed by atoms with Crippen molar-refractivity contribution >= 4 is 23.5 Å². The van der Waals surface area contributed by atoms with E-state index in [2.05, 4.69) is 11.4 Å². The fourth-order valence-electron chi connectivity index (χ4n) is 0.964. The van der Waals surface area contributed by atoms with E-state index in [-0.39, 0.29) is 13.0 Å². The van der Waals surface area contributed by atoms with Gasteiger partial charge in [0.2, 0.25) is 0 Å². The lowest BCUT2D eigenvalue weighted by molar-refractivity contribution is -0.136. The van der Waals surface area contributed by atoms with Gasteiger partial charge in [-0.05, 0) is 18.2 Å². The van der Waals surface area contributed by atoms with Gasteiger partial charge < -0.3 is 10.4 Å². The highest BCUT2D eigenvalue weighted by Crippen LogP contribution is 2.13. The molecular weight excluding hydrogens is 218 g/mol. The van der Waals surface area contributed by atoms with Crippen molar-refractivity contribution in [3.05, 3.63) is 34.9 Å². The minimum absolute atomic E-state index is 0.0827. The Bertz CT molecular complexity index is 379. The number of halogens is 1. The number of nitrogens with one attached hydrogen (secondary N) is 1. The first-order valence-electron chi connectivity index (χ1n) is 4.27. The molecule has 2 N–H and O–H groups in total. The van der Waals surface area contributed by atoms with E-state index in [1.807, 2.05) is 0 Å². The predicted octanol–water partition coefficient (Wildman–Crippen LogP) is 1.34. The molecule has 1 aromatic rings. The Balaban J connectivity index is 2.54. The Morgan fingerprint density at radius 2 is 2.27 bits per heavy atom. The van der Waals surface area contributed by atoms with Crippen molar-refractivity contribution in [3.63, 3.8) is 0 Å². The van der Waals surface area contributed by atoms with Gasteiger partial charge in [0.05, 0.1) is 17.0 Å². The number of hydrogen-bond donors (Lipinski definition) is 2. The van der Waals surface area contributed by atoms with Gasteiger partial charge in [0.25, 0.3) is 5.91 Å². The molecule has 0 spiro atoms. The van der Waals surface area contributed by atoms with Gasteiger partial charge in [0.1, 0.15) is 0 Å². The number of amides is 1. The minimum Gasteiger partial charge on any atom is -0.481 e. The highest BCUT2D eigenvalue weighted by molar-refractivity contribution is 6.33. The lowest BCUT2D eigenvalue weighted by Gasteiger charge is -2.04. The third kappa shape index (κ3) is 3.59. The van der Waals surface area contributed by atoms with E-state index in [0.29, 0.717) is 10.6 Å². The highest BCUT2D eigenvalue weighted by atomic mass is 35.5. The van der Waals surface area contributed by atoms with Crippen LogP contribution in [0.1, 0.15) is 16.8 Å². The van der Waals surface area contributed by atoms with Crippen LogP contribution >= 0.6 is 11.6 Å².